The van der Waals surface area contributed by atoms with E-state index in [2.05, 4.69) is 0 Å². The highest BCUT2D eigenvalue weighted by Crippen LogP contribution is 2.27. The minimum absolute atomic E-state index is 0.0376. The summed E-state index contributed by atoms with van der Waals surface area (Å²) < 4.78 is 11.0. The van der Waals surface area contributed by atoms with Crippen LogP contribution < -0.4 is 4.74 Å². The fourth-order valence-electron chi connectivity index (χ4n) is 3.04. The van der Waals surface area contributed by atoms with Crippen LogP contribution in [0.15, 0.2) is 28.7 Å². The van der Waals surface area contributed by atoms with Crippen LogP contribution in [0.25, 0.3) is 11.0 Å². The summed E-state index contributed by atoms with van der Waals surface area (Å²) in [5.74, 6) is 0.487. The monoisotopic (exact) mass is 288 g/mol. The van der Waals surface area contributed by atoms with Gasteiger partial charge in [0.1, 0.15) is 11.3 Å². The number of benzene rings is 1. The van der Waals surface area contributed by atoms with E-state index in [0.717, 1.165) is 30.1 Å². The van der Waals surface area contributed by atoms with Crippen LogP contribution in [0.4, 0.5) is 0 Å². The molecular weight excluding hydrogens is 268 g/mol. The SMILES string of the molecule is O=C(O)c1cc2cc(OCCC3CCCCC3)ccc2o1. The molecule has 1 aromatic heterocycles. The molecule has 1 fully saturated rings. The third kappa shape index (κ3) is 3.38. The molecule has 1 aliphatic carbocycles. The Kier molecular flexibility index (Phi) is 4.13. The minimum atomic E-state index is -1.05. The van der Waals surface area contributed by atoms with Crippen LogP contribution in [0.1, 0.15) is 49.1 Å². The van der Waals surface area contributed by atoms with Gasteiger partial charge in [-0.05, 0) is 36.6 Å². The van der Waals surface area contributed by atoms with E-state index < -0.39 is 5.97 Å². The second kappa shape index (κ2) is 6.20. The Bertz CT molecular complexity index is 623. The molecule has 1 N–H and O–H groups in total. The molecule has 0 aliphatic heterocycles. The zero-order valence-electron chi connectivity index (χ0n) is 12.0. The average Bonchev–Trinajstić information content (AvgIpc) is 2.92. The largest absolute Gasteiger partial charge is 0.494 e. The van der Waals surface area contributed by atoms with Crippen molar-refractivity contribution in [2.24, 2.45) is 5.92 Å². The molecule has 0 spiro atoms. The molecule has 4 nitrogen and oxygen atoms in total. The Hall–Kier alpha value is -1.97. The van der Waals surface area contributed by atoms with Gasteiger partial charge in [-0.15, -0.1) is 0 Å². The van der Waals surface area contributed by atoms with Gasteiger partial charge in [-0.25, -0.2) is 4.79 Å². The predicted molar refractivity (Wildman–Crippen MR) is 79.9 cm³/mol. The van der Waals surface area contributed by atoms with Crippen molar-refractivity contribution in [1.82, 2.24) is 0 Å². The summed E-state index contributed by atoms with van der Waals surface area (Å²) in [5.41, 5.74) is 0.576. The van der Waals surface area contributed by atoms with Crippen LogP contribution in [0, 0.1) is 5.92 Å². The molecule has 21 heavy (non-hydrogen) atoms. The molecule has 1 aliphatic rings. The lowest BCUT2D eigenvalue weighted by atomic mass is 9.87. The van der Waals surface area contributed by atoms with Crippen molar-refractivity contribution in [1.29, 1.82) is 0 Å². The van der Waals surface area contributed by atoms with Crippen molar-refractivity contribution in [2.75, 3.05) is 6.61 Å². The third-order valence-corrected chi connectivity index (χ3v) is 4.22. The van der Waals surface area contributed by atoms with E-state index in [4.69, 9.17) is 14.3 Å². The number of furan rings is 1. The lowest BCUT2D eigenvalue weighted by Crippen LogP contribution is -2.10. The molecule has 0 amide bonds. The lowest BCUT2D eigenvalue weighted by molar-refractivity contribution is 0.0665. The highest BCUT2D eigenvalue weighted by molar-refractivity contribution is 5.91. The summed E-state index contributed by atoms with van der Waals surface area (Å²) in [6.07, 6.45) is 7.83. The van der Waals surface area contributed by atoms with Crippen molar-refractivity contribution in [3.05, 3.63) is 30.0 Å². The first-order valence-corrected chi connectivity index (χ1v) is 7.62. The second-order valence-electron chi connectivity index (χ2n) is 5.76. The van der Waals surface area contributed by atoms with Crippen molar-refractivity contribution in [3.8, 4) is 5.75 Å². The van der Waals surface area contributed by atoms with Gasteiger partial charge in [0.25, 0.3) is 0 Å². The van der Waals surface area contributed by atoms with Gasteiger partial charge >= 0.3 is 5.97 Å². The smallest absolute Gasteiger partial charge is 0.371 e. The second-order valence-corrected chi connectivity index (χ2v) is 5.76. The van der Waals surface area contributed by atoms with E-state index >= 15 is 0 Å². The number of rotatable bonds is 5. The zero-order valence-corrected chi connectivity index (χ0v) is 12.0. The number of carbonyl (C=O) groups is 1. The molecule has 0 bridgehead atoms. The van der Waals surface area contributed by atoms with Gasteiger partial charge in [0.15, 0.2) is 0 Å². The Balaban J connectivity index is 1.60. The molecule has 1 heterocycles. The van der Waals surface area contributed by atoms with Gasteiger partial charge in [0.05, 0.1) is 6.61 Å². The summed E-state index contributed by atoms with van der Waals surface area (Å²) in [5, 5.41) is 9.68. The molecule has 2 aromatic rings. The predicted octanol–water partition coefficient (Wildman–Crippen LogP) is 4.48. The van der Waals surface area contributed by atoms with Crippen LogP contribution in [0.3, 0.4) is 0 Å². The van der Waals surface area contributed by atoms with Crippen LogP contribution >= 0.6 is 0 Å². The summed E-state index contributed by atoms with van der Waals surface area (Å²) in [7, 11) is 0. The van der Waals surface area contributed by atoms with Crippen molar-refractivity contribution in [2.45, 2.75) is 38.5 Å². The fourth-order valence-corrected chi connectivity index (χ4v) is 3.04. The van der Waals surface area contributed by atoms with E-state index in [1.807, 2.05) is 12.1 Å². The van der Waals surface area contributed by atoms with Crippen molar-refractivity contribution < 1.29 is 19.1 Å². The van der Waals surface area contributed by atoms with E-state index in [1.54, 1.807) is 6.07 Å². The summed E-state index contributed by atoms with van der Waals surface area (Å²) in [4.78, 5) is 10.9. The highest BCUT2D eigenvalue weighted by atomic mass is 16.5. The maximum atomic E-state index is 10.9. The molecule has 0 atom stereocenters. The van der Waals surface area contributed by atoms with Gasteiger partial charge in [-0.3, -0.25) is 0 Å². The third-order valence-electron chi connectivity index (χ3n) is 4.22. The normalized spacial score (nSPS) is 16.2. The number of fused-ring (bicyclic) bond motifs is 1. The molecule has 112 valence electrons. The van der Waals surface area contributed by atoms with Gasteiger partial charge < -0.3 is 14.3 Å². The van der Waals surface area contributed by atoms with E-state index in [-0.39, 0.29) is 5.76 Å². The first kappa shape index (κ1) is 14.0. The van der Waals surface area contributed by atoms with Crippen LogP contribution in [-0.2, 0) is 0 Å². The summed E-state index contributed by atoms with van der Waals surface area (Å²) in [6.45, 7) is 0.722. The van der Waals surface area contributed by atoms with Crippen LogP contribution in [-0.4, -0.2) is 17.7 Å². The van der Waals surface area contributed by atoms with Crippen molar-refractivity contribution >= 4 is 16.9 Å². The van der Waals surface area contributed by atoms with E-state index in [9.17, 15) is 4.79 Å². The van der Waals surface area contributed by atoms with Crippen LogP contribution in [0.5, 0.6) is 5.75 Å². The number of hydrogen-bond donors (Lipinski definition) is 1. The molecule has 1 aromatic carbocycles. The first-order valence-electron chi connectivity index (χ1n) is 7.62. The van der Waals surface area contributed by atoms with Gasteiger partial charge in [0.2, 0.25) is 5.76 Å². The van der Waals surface area contributed by atoms with E-state index in [1.165, 1.54) is 38.2 Å². The fraction of sp³-hybridized carbons (Fsp3) is 0.471. The maximum absolute atomic E-state index is 10.9. The number of carboxylic acid groups (broad SMARTS) is 1. The average molecular weight is 288 g/mol. The quantitative estimate of drug-likeness (QED) is 0.881. The van der Waals surface area contributed by atoms with Gasteiger partial charge in [-0.2, -0.15) is 0 Å². The summed E-state index contributed by atoms with van der Waals surface area (Å²) in [6, 6.07) is 6.97. The summed E-state index contributed by atoms with van der Waals surface area (Å²) >= 11 is 0. The molecular formula is C17H20O4. The molecule has 4 heteroatoms. The Morgan fingerprint density at radius 3 is 2.81 bits per heavy atom. The Labute approximate surface area is 123 Å². The van der Waals surface area contributed by atoms with Gasteiger partial charge in [-0.1, -0.05) is 32.1 Å². The van der Waals surface area contributed by atoms with Crippen molar-refractivity contribution in [3.63, 3.8) is 0 Å². The number of carboxylic acids is 1. The number of hydrogen-bond acceptors (Lipinski definition) is 3. The Morgan fingerprint density at radius 1 is 1.24 bits per heavy atom. The standard InChI is InChI=1S/C17H20O4/c18-17(19)16-11-13-10-14(6-7-15(13)21-16)20-9-8-12-4-2-1-3-5-12/h6-7,10-12H,1-5,8-9H2,(H,18,19). The number of ether oxygens (including phenoxy) is 1. The topological polar surface area (TPSA) is 59.7 Å². The minimum Gasteiger partial charge on any atom is -0.494 e. The van der Waals surface area contributed by atoms with Gasteiger partial charge in [0, 0.05) is 5.39 Å². The molecule has 0 unspecified atom stereocenters. The lowest BCUT2D eigenvalue weighted by Gasteiger charge is -2.21. The molecule has 0 radical (unpaired) electrons. The number of aromatic carboxylic acids is 1. The van der Waals surface area contributed by atoms with Crippen LogP contribution in [0.2, 0.25) is 0 Å². The van der Waals surface area contributed by atoms with E-state index in [0.29, 0.717) is 5.58 Å². The molecule has 1 saturated carbocycles. The highest BCUT2D eigenvalue weighted by Gasteiger charge is 2.14. The first-order chi connectivity index (χ1) is 10.2. The Morgan fingerprint density at radius 2 is 2.05 bits per heavy atom. The zero-order chi connectivity index (χ0) is 14.7. The maximum Gasteiger partial charge on any atom is 0.371 e. The molecule has 3 rings (SSSR count). The molecule has 0 saturated heterocycles.